The Hall–Kier alpha value is -0.780. The number of halogens is 2. The SMILES string of the molecule is COc1cc(C)c(C(N)c2cc(Cl)ccc2I)cc1C. The third-order valence-corrected chi connectivity index (χ3v) is 4.63. The van der Waals surface area contributed by atoms with E-state index in [9.17, 15) is 0 Å². The molecular weight excluding hydrogens is 385 g/mol. The van der Waals surface area contributed by atoms with Gasteiger partial charge in [-0.15, -0.1) is 0 Å². The van der Waals surface area contributed by atoms with Gasteiger partial charge in [-0.25, -0.2) is 0 Å². The predicted molar refractivity (Wildman–Crippen MR) is 92.7 cm³/mol. The van der Waals surface area contributed by atoms with Crippen molar-refractivity contribution in [3.8, 4) is 5.75 Å². The van der Waals surface area contributed by atoms with Crippen LogP contribution in [0, 0.1) is 17.4 Å². The summed E-state index contributed by atoms with van der Waals surface area (Å²) in [5, 5.41) is 0.707. The summed E-state index contributed by atoms with van der Waals surface area (Å²) in [6.45, 7) is 4.08. The lowest BCUT2D eigenvalue weighted by Crippen LogP contribution is -2.15. The highest BCUT2D eigenvalue weighted by molar-refractivity contribution is 14.1. The molecule has 20 heavy (non-hydrogen) atoms. The normalized spacial score (nSPS) is 12.3. The fourth-order valence-corrected chi connectivity index (χ4v) is 3.14. The summed E-state index contributed by atoms with van der Waals surface area (Å²) in [5.41, 5.74) is 10.8. The lowest BCUT2D eigenvalue weighted by atomic mass is 9.94. The van der Waals surface area contributed by atoms with Gasteiger partial charge >= 0.3 is 0 Å². The molecule has 2 aromatic rings. The maximum atomic E-state index is 6.44. The van der Waals surface area contributed by atoms with Crippen molar-refractivity contribution in [2.24, 2.45) is 5.73 Å². The molecule has 0 aliphatic heterocycles. The van der Waals surface area contributed by atoms with E-state index in [-0.39, 0.29) is 6.04 Å². The van der Waals surface area contributed by atoms with Crippen LogP contribution in [0.15, 0.2) is 30.3 Å². The van der Waals surface area contributed by atoms with Crippen LogP contribution in [0.3, 0.4) is 0 Å². The van der Waals surface area contributed by atoms with Crippen molar-refractivity contribution in [2.75, 3.05) is 7.11 Å². The number of benzene rings is 2. The van der Waals surface area contributed by atoms with E-state index in [0.29, 0.717) is 5.02 Å². The van der Waals surface area contributed by atoms with E-state index >= 15 is 0 Å². The topological polar surface area (TPSA) is 35.2 Å². The van der Waals surface area contributed by atoms with Gasteiger partial charge in [-0.2, -0.15) is 0 Å². The largest absolute Gasteiger partial charge is 0.496 e. The Labute approximate surface area is 138 Å². The number of methoxy groups -OCH3 is 1. The lowest BCUT2D eigenvalue weighted by Gasteiger charge is -2.19. The summed E-state index contributed by atoms with van der Waals surface area (Å²) in [6.07, 6.45) is 0. The maximum Gasteiger partial charge on any atom is 0.122 e. The minimum absolute atomic E-state index is 0.190. The van der Waals surface area contributed by atoms with Crippen LogP contribution in [0.25, 0.3) is 0 Å². The van der Waals surface area contributed by atoms with Crippen LogP contribution in [-0.4, -0.2) is 7.11 Å². The van der Waals surface area contributed by atoms with Crippen LogP contribution in [0.2, 0.25) is 5.02 Å². The Bertz CT molecular complexity index is 643. The highest BCUT2D eigenvalue weighted by Gasteiger charge is 2.16. The van der Waals surface area contributed by atoms with E-state index in [0.717, 1.165) is 31.6 Å². The number of ether oxygens (including phenoxy) is 1. The van der Waals surface area contributed by atoms with E-state index in [1.54, 1.807) is 7.11 Å². The third kappa shape index (κ3) is 3.10. The molecule has 2 N–H and O–H groups in total. The first kappa shape index (κ1) is 15.6. The van der Waals surface area contributed by atoms with Gasteiger partial charge in [0, 0.05) is 8.59 Å². The average Bonchev–Trinajstić information content (AvgIpc) is 2.42. The molecule has 0 saturated carbocycles. The molecule has 0 bridgehead atoms. The van der Waals surface area contributed by atoms with Crippen molar-refractivity contribution >= 4 is 34.2 Å². The molecule has 2 nitrogen and oxygen atoms in total. The van der Waals surface area contributed by atoms with E-state index in [4.69, 9.17) is 22.1 Å². The number of aryl methyl sites for hydroxylation is 2. The summed E-state index contributed by atoms with van der Waals surface area (Å²) >= 11 is 8.38. The van der Waals surface area contributed by atoms with E-state index in [1.807, 2.05) is 31.2 Å². The molecule has 4 heteroatoms. The molecule has 106 valence electrons. The Kier molecular flexibility index (Phi) is 4.94. The minimum atomic E-state index is -0.190. The molecule has 2 rings (SSSR count). The predicted octanol–water partition coefficient (Wildman–Crippen LogP) is 4.62. The van der Waals surface area contributed by atoms with E-state index < -0.39 is 0 Å². The van der Waals surface area contributed by atoms with Gasteiger partial charge in [0.25, 0.3) is 0 Å². The first-order valence-electron chi connectivity index (χ1n) is 6.29. The van der Waals surface area contributed by atoms with Crippen LogP contribution in [-0.2, 0) is 0 Å². The number of hydrogen-bond donors (Lipinski definition) is 1. The molecule has 0 saturated heterocycles. The summed E-state index contributed by atoms with van der Waals surface area (Å²) in [6, 6.07) is 9.74. The molecule has 1 unspecified atom stereocenters. The van der Waals surface area contributed by atoms with Gasteiger partial charge in [0.2, 0.25) is 0 Å². The quantitative estimate of drug-likeness (QED) is 0.762. The minimum Gasteiger partial charge on any atom is -0.496 e. The van der Waals surface area contributed by atoms with Gasteiger partial charge in [0.15, 0.2) is 0 Å². The Morgan fingerprint density at radius 2 is 1.80 bits per heavy atom. The highest BCUT2D eigenvalue weighted by atomic mass is 127. The standard InChI is InChI=1S/C16H17ClINO/c1-9-7-15(20-3)10(2)6-12(9)16(19)13-8-11(17)4-5-14(13)18/h4-8,16H,19H2,1-3H3. The van der Waals surface area contributed by atoms with Gasteiger partial charge in [0.05, 0.1) is 13.2 Å². The highest BCUT2D eigenvalue weighted by Crippen LogP contribution is 2.31. The molecule has 0 amide bonds. The molecule has 1 atom stereocenters. The monoisotopic (exact) mass is 401 g/mol. The van der Waals surface area contributed by atoms with Crippen molar-refractivity contribution < 1.29 is 4.74 Å². The molecule has 0 fully saturated rings. The van der Waals surface area contributed by atoms with Crippen molar-refractivity contribution in [1.82, 2.24) is 0 Å². The van der Waals surface area contributed by atoms with E-state index in [2.05, 4.69) is 35.6 Å². The first-order chi connectivity index (χ1) is 9.43. The number of hydrogen-bond acceptors (Lipinski definition) is 2. The second-order valence-corrected chi connectivity index (χ2v) is 6.42. The zero-order valence-corrected chi connectivity index (χ0v) is 14.6. The fraction of sp³-hybridized carbons (Fsp3) is 0.250. The summed E-state index contributed by atoms with van der Waals surface area (Å²) in [4.78, 5) is 0. The Morgan fingerprint density at radius 1 is 1.10 bits per heavy atom. The zero-order valence-electron chi connectivity index (χ0n) is 11.7. The maximum absolute atomic E-state index is 6.44. The summed E-state index contributed by atoms with van der Waals surface area (Å²) in [5.74, 6) is 0.888. The third-order valence-electron chi connectivity index (χ3n) is 3.41. The van der Waals surface area contributed by atoms with Crippen molar-refractivity contribution in [3.05, 3.63) is 61.2 Å². The molecular formula is C16H17ClINO. The van der Waals surface area contributed by atoms with Crippen molar-refractivity contribution in [2.45, 2.75) is 19.9 Å². The smallest absolute Gasteiger partial charge is 0.122 e. The van der Waals surface area contributed by atoms with E-state index in [1.165, 1.54) is 0 Å². The van der Waals surface area contributed by atoms with Crippen molar-refractivity contribution in [3.63, 3.8) is 0 Å². The van der Waals surface area contributed by atoms with Crippen LogP contribution < -0.4 is 10.5 Å². The molecule has 0 aliphatic carbocycles. The van der Waals surface area contributed by atoms with Crippen LogP contribution in [0.1, 0.15) is 28.3 Å². The average molecular weight is 402 g/mol. The second kappa shape index (κ2) is 6.33. The van der Waals surface area contributed by atoms with Gasteiger partial charge in [0.1, 0.15) is 5.75 Å². The summed E-state index contributed by atoms with van der Waals surface area (Å²) in [7, 11) is 1.68. The van der Waals surface area contributed by atoms with Crippen LogP contribution in [0.4, 0.5) is 0 Å². The number of nitrogens with two attached hydrogens (primary N) is 1. The van der Waals surface area contributed by atoms with Gasteiger partial charge < -0.3 is 10.5 Å². The van der Waals surface area contributed by atoms with Gasteiger partial charge in [-0.1, -0.05) is 17.7 Å². The first-order valence-corrected chi connectivity index (χ1v) is 7.75. The van der Waals surface area contributed by atoms with Gasteiger partial charge in [-0.05, 0) is 83.0 Å². The number of rotatable bonds is 3. The Morgan fingerprint density at radius 3 is 2.45 bits per heavy atom. The molecule has 0 heterocycles. The van der Waals surface area contributed by atoms with Crippen molar-refractivity contribution in [1.29, 1.82) is 0 Å². The second-order valence-electron chi connectivity index (χ2n) is 4.82. The fourth-order valence-electron chi connectivity index (χ4n) is 2.29. The van der Waals surface area contributed by atoms with Gasteiger partial charge in [-0.3, -0.25) is 0 Å². The molecule has 0 aliphatic rings. The van der Waals surface area contributed by atoms with Crippen LogP contribution in [0.5, 0.6) is 5.75 Å². The molecule has 0 aromatic heterocycles. The lowest BCUT2D eigenvalue weighted by molar-refractivity contribution is 0.411. The zero-order chi connectivity index (χ0) is 14.9. The molecule has 2 aromatic carbocycles. The van der Waals surface area contributed by atoms with Crippen LogP contribution >= 0.6 is 34.2 Å². The Balaban J connectivity index is 2.50. The molecule has 0 radical (unpaired) electrons. The summed E-state index contributed by atoms with van der Waals surface area (Å²) < 4.78 is 6.46. The molecule has 0 spiro atoms.